The minimum absolute atomic E-state index is 0.524. The van der Waals surface area contributed by atoms with Crippen molar-refractivity contribution in [3.05, 3.63) is 12.1 Å². The first-order valence-corrected chi connectivity index (χ1v) is 6.99. The van der Waals surface area contributed by atoms with Crippen LogP contribution in [-0.2, 0) is 4.79 Å². The number of hydrogen-bond acceptors (Lipinski definition) is 5. The molecule has 1 aliphatic rings. The van der Waals surface area contributed by atoms with E-state index in [1.165, 1.54) is 11.8 Å². The zero-order valence-electron chi connectivity index (χ0n) is 11.1. The van der Waals surface area contributed by atoms with Crippen molar-refractivity contribution >= 4 is 28.8 Å². The third-order valence-corrected chi connectivity index (χ3v) is 4.06. The lowest BCUT2D eigenvalue weighted by Crippen LogP contribution is -2.27. The number of H-pyrrole nitrogens is 1. The van der Waals surface area contributed by atoms with Crippen LogP contribution in [0, 0.1) is 0 Å². The maximum atomic E-state index is 11.1. The Balaban J connectivity index is 1.96. The van der Waals surface area contributed by atoms with Crippen molar-refractivity contribution in [2.45, 2.75) is 23.8 Å². The van der Waals surface area contributed by atoms with Crippen LogP contribution >= 0.6 is 11.8 Å². The number of nitrogens with one attached hydrogen (secondary N) is 1. The molecule has 7 heteroatoms. The molecule has 0 bridgehead atoms. The van der Waals surface area contributed by atoms with Gasteiger partial charge in [0.1, 0.15) is 18.0 Å². The first kappa shape index (κ1) is 13.1. The Hall–Kier alpha value is -1.89. The fourth-order valence-electron chi connectivity index (χ4n) is 1.86. The minimum Gasteiger partial charge on any atom is -0.486 e. The van der Waals surface area contributed by atoms with Gasteiger partial charge in [-0.2, -0.15) is 0 Å². The lowest BCUT2D eigenvalue weighted by Gasteiger charge is -2.17. The zero-order valence-corrected chi connectivity index (χ0v) is 11.9. The Morgan fingerprint density at radius 2 is 2.00 bits per heavy atom. The molecule has 1 aliphatic heterocycles. The summed E-state index contributed by atoms with van der Waals surface area (Å²) < 4.78 is 10.1. The number of thioether (sulfide) groups is 1. The highest BCUT2D eigenvalue weighted by molar-refractivity contribution is 8.01. The number of ether oxygens (including phenoxy) is 2. The van der Waals surface area contributed by atoms with Gasteiger partial charge in [-0.15, -0.1) is 0 Å². The van der Waals surface area contributed by atoms with Crippen LogP contribution in [0.15, 0.2) is 17.3 Å². The SMILES string of the molecule is CC(C)(Sc1nc2cc3c(cc2[nH]1)OCCO3)C(=O)O. The average molecular weight is 294 g/mol. The van der Waals surface area contributed by atoms with Crippen LogP contribution in [0.25, 0.3) is 11.0 Å². The van der Waals surface area contributed by atoms with E-state index in [0.717, 1.165) is 11.0 Å². The lowest BCUT2D eigenvalue weighted by molar-refractivity contribution is -0.138. The molecule has 20 heavy (non-hydrogen) atoms. The van der Waals surface area contributed by atoms with E-state index < -0.39 is 10.7 Å². The summed E-state index contributed by atoms with van der Waals surface area (Å²) in [7, 11) is 0. The van der Waals surface area contributed by atoms with E-state index in [4.69, 9.17) is 14.6 Å². The van der Waals surface area contributed by atoms with Gasteiger partial charge in [0, 0.05) is 12.1 Å². The standard InChI is InChI=1S/C13H14N2O4S/c1-13(2,11(16)17)20-12-14-7-5-9-10(6-8(7)15-12)19-4-3-18-9/h5-6H,3-4H2,1-2H3,(H,14,15)(H,16,17). The smallest absolute Gasteiger partial charge is 0.319 e. The Bertz CT molecular complexity index is 637. The number of imidazole rings is 1. The van der Waals surface area contributed by atoms with Crippen molar-refractivity contribution in [2.24, 2.45) is 0 Å². The summed E-state index contributed by atoms with van der Waals surface area (Å²) in [6.07, 6.45) is 0. The third-order valence-electron chi connectivity index (χ3n) is 2.99. The fraction of sp³-hybridized carbons (Fsp3) is 0.385. The number of benzene rings is 1. The first-order valence-electron chi connectivity index (χ1n) is 6.17. The Kier molecular flexibility index (Phi) is 3.01. The van der Waals surface area contributed by atoms with E-state index in [-0.39, 0.29) is 0 Å². The molecule has 0 radical (unpaired) electrons. The summed E-state index contributed by atoms with van der Waals surface area (Å²) in [6, 6.07) is 3.63. The Labute approximate surface area is 119 Å². The molecular formula is C13H14N2O4S. The highest BCUT2D eigenvalue weighted by Crippen LogP contribution is 2.36. The molecule has 1 aromatic carbocycles. The van der Waals surface area contributed by atoms with Crippen LogP contribution in [0.1, 0.15) is 13.8 Å². The molecule has 2 N–H and O–H groups in total. The van der Waals surface area contributed by atoms with Crippen molar-refractivity contribution < 1.29 is 19.4 Å². The number of aliphatic carboxylic acids is 1. The van der Waals surface area contributed by atoms with Gasteiger partial charge in [-0.3, -0.25) is 4.79 Å². The number of rotatable bonds is 3. The molecule has 0 fully saturated rings. The molecule has 0 atom stereocenters. The largest absolute Gasteiger partial charge is 0.486 e. The Morgan fingerprint density at radius 1 is 1.35 bits per heavy atom. The van der Waals surface area contributed by atoms with E-state index in [2.05, 4.69) is 9.97 Å². The van der Waals surface area contributed by atoms with Crippen LogP contribution in [0.4, 0.5) is 0 Å². The maximum absolute atomic E-state index is 11.1. The topological polar surface area (TPSA) is 84.4 Å². The van der Waals surface area contributed by atoms with Gasteiger partial charge >= 0.3 is 5.97 Å². The van der Waals surface area contributed by atoms with Crippen molar-refractivity contribution in [2.75, 3.05) is 13.2 Å². The molecule has 2 heterocycles. The number of carboxylic acids is 1. The van der Waals surface area contributed by atoms with Gasteiger partial charge in [0.05, 0.1) is 11.0 Å². The summed E-state index contributed by atoms with van der Waals surface area (Å²) >= 11 is 1.17. The van der Waals surface area contributed by atoms with E-state index >= 15 is 0 Å². The van der Waals surface area contributed by atoms with Crippen molar-refractivity contribution in [3.63, 3.8) is 0 Å². The van der Waals surface area contributed by atoms with Crippen LogP contribution in [0.2, 0.25) is 0 Å². The summed E-state index contributed by atoms with van der Waals surface area (Å²) in [5, 5.41) is 9.71. The van der Waals surface area contributed by atoms with Crippen molar-refractivity contribution in [1.29, 1.82) is 0 Å². The number of hydrogen-bond donors (Lipinski definition) is 2. The lowest BCUT2D eigenvalue weighted by atomic mass is 10.2. The maximum Gasteiger partial charge on any atom is 0.319 e. The zero-order chi connectivity index (χ0) is 14.3. The molecule has 2 aromatic rings. The molecule has 1 aromatic heterocycles. The van der Waals surface area contributed by atoms with Crippen LogP contribution in [-0.4, -0.2) is 39.0 Å². The molecule has 0 amide bonds. The predicted octanol–water partition coefficient (Wildman–Crippen LogP) is 2.29. The second-order valence-electron chi connectivity index (χ2n) is 4.97. The highest BCUT2D eigenvalue weighted by Gasteiger charge is 2.30. The summed E-state index contributed by atoms with van der Waals surface area (Å²) in [4.78, 5) is 18.7. The molecular weight excluding hydrogens is 280 g/mol. The summed E-state index contributed by atoms with van der Waals surface area (Å²) in [5.41, 5.74) is 1.54. The molecule has 0 unspecified atom stereocenters. The van der Waals surface area contributed by atoms with Gasteiger partial charge in [0.25, 0.3) is 0 Å². The third kappa shape index (κ3) is 2.29. The summed E-state index contributed by atoms with van der Waals surface area (Å²) in [5.74, 6) is 0.472. The monoisotopic (exact) mass is 294 g/mol. The molecule has 106 valence electrons. The average Bonchev–Trinajstić information content (AvgIpc) is 2.75. The Morgan fingerprint density at radius 3 is 2.65 bits per heavy atom. The number of aromatic nitrogens is 2. The van der Waals surface area contributed by atoms with Gasteiger partial charge in [-0.1, -0.05) is 11.8 Å². The molecule has 0 saturated carbocycles. The highest BCUT2D eigenvalue weighted by atomic mass is 32.2. The molecule has 6 nitrogen and oxygen atoms in total. The van der Waals surface area contributed by atoms with Gasteiger partial charge in [-0.05, 0) is 13.8 Å². The predicted molar refractivity (Wildman–Crippen MR) is 74.7 cm³/mol. The minimum atomic E-state index is -0.944. The van der Waals surface area contributed by atoms with E-state index in [9.17, 15) is 4.79 Å². The molecule has 0 aliphatic carbocycles. The number of fused-ring (bicyclic) bond motifs is 2. The fourth-order valence-corrected chi connectivity index (χ4v) is 2.73. The van der Waals surface area contributed by atoms with Crippen molar-refractivity contribution in [3.8, 4) is 11.5 Å². The number of carbonyl (C=O) groups is 1. The molecule has 0 saturated heterocycles. The number of nitrogens with zero attached hydrogens (tertiary/aromatic N) is 1. The van der Waals surface area contributed by atoms with E-state index in [1.807, 2.05) is 6.07 Å². The second kappa shape index (κ2) is 4.59. The first-order chi connectivity index (χ1) is 9.45. The van der Waals surface area contributed by atoms with Crippen LogP contribution in [0.5, 0.6) is 11.5 Å². The van der Waals surface area contributed by atoms with Crippen LogP contribution in [0.3, 0.4) is 0 Å². The van der Waals surface area contributed by atoms with E-state index in [1.54, 1.807) is 19.9 Å². The van der Waals surface area contributed by atoms with Gasteiger partial charge in [0.15, 0.2) is 16.7 Å². The normalized spacial score (nSPS) is 14.5. The molecule has 3 rings (SSSR count). The van der Waals surface area contributed by atoms with Gasteiger partial charge < -0.3 is 19.6 Å². The number of carboxylic acid groups (broad SMARTS) is 1. The quantitative estimate of drug-likeness (QED) is 0.845. The van der Waals surface area contributed by atoms with E-state index in [0.29, 0.717) is 29.9 Å². The molecule has 0 spiro atoms. The van der Waals surface area contributed by atoms with Crippen LogP contribution < -0.4 is 9.47 Å². The van der Waals surface area contributed by atoms with Gasteiger partial charge in [-0.25, -0.2) is 4.98 Å². The second-order valence-corrected chi connectivity index (χ2v) is 6.58. The number of aromatic amines is 1. The summed E-state index contributed by atoms with van der Waals surface area (Å²) in [6.45, 7) is 4.34. The van der Waals surface area contributed by atoms with Gasteiger partial charge in [0.2, 0.25) is 0 Å². The van der Waals surface area contributed by atoms with Crippen molar-refractivity contribution in [1.82, 2.24) is 9.97 Å².